The van der Waals surface area contributed by atoms with E-state index < -0.39 is 0 Å². The number of ether oxygens (including phenoxy) is 1. The number of nitrogens with one attached hydrogen (secondary N) is 1. The summed E-state index contributed by atoms with van der Waals surface area (Å²) in [4.78, 5) is 25.7. The van der Waals surface area contributed by atoms with Crippen LogP contribution in [-0.4, -0.2) is 48.9 Å². The van der Waals surface area contributed by atoms with Gasteiger partial charge in [0, 0.05) is 24.7 Å². The van der Waals surface area contributed by atoms with Crippen LogP contribution in [0.5, 0.6) is 5.75 Å². The van der Waals surface area contributed by atoms with Gasteiger partial charge in [0.1, 0.15) is 5.75 Å². The first-order chi connectivity index (χ1) is 10.6. The Morgan fingerprint density at radius 2 is 2.23 bits per heavy atom. The maximum Gasteiger partial charge on any atom is 0.260 e. The summed E-state index contributed by atoms with van der Waals surface area (Å²) in [6.07, 6.45) is 1.92. The molecule has 1 fully saturated rings. The minimum absolute atomic E-state index is 0.00350. The lowest BCUT2D eigenvalue weighted by atomic mass is 10.1. The van der Waals surface area contributed by atoms with Crippen LogP contribution >= 0.6 is 0 Å². The highest BCUT2D eigenvalue weighted by Crippen LogP contribution is 2.15. The highest BCUT2D eigenvalue weighted by molar-refractivity contribution is 5.94. The van der Waals surface area contributed by atoms with Crippen molar-refractivity contribution in [3.05, 3.63) is 29.8 Å². The quantitative estimate of drug-likeness (QED) is 0.781. The number of carbonyl (C=O) groups is 2. The fraction of sp³-hybridized carbons (Fsp3) is 0.529. The summed E-state index contributed by atoms with van der Waals surface area (Å²) in [5.74, 6) is 0.548. The van der Waals surface area contributed by atoms with Gasteiger partial charge in [0.15, 0.2) is 12.4 Å². The molecule has 0 bridgehead atoms. The summed E-state index contributed by atoms with van der Waals surface area (Å²) in [6, 6.07) is 7.21. The smallest absolute Gasteiger partial charge is 0.260 e. The summed E-state index contributed by atoms with van der Waals surface area (Å²) in [5.41, 5.74) is 0.593. The largest absolute Gasteiger partial charge is 0.484 e. The van der Waals surface area contributed by atoms with Gasteiger partial charge in [0.25, 0.3) is 5.91 Å². The van der Waals surface area contributed by atoms with Crippen molar-refractivity contribution in [2.75, 3.05) is 26.2 Å². The van der Waals surface area contributed by atoms with Gasteiger partial charge in [-0.15, -0.1) is 0 Å². The van der Waals surface area contributed by atoms with E-state index in [-0.39, 0.29) is 24.3 Å². The molecule has 1 atom stereocenters. The van der Waals surface area contributed by atoms with Crippen LogP contribution in [0.25, 0.3) is 0 Å². The zero-order chi connectivity index (χ0) is 15.9. The van der Waals surface area contributed by atoms with Crippen LogP contribution in [0.1, 0.15) is 37.0 Å². The molecule has 120 valence electrons. The van der Waals surface area contributed by atoms with Crippen LogP contribution < -0.4 is 10.1 Å². The second-order valence-corrected chi connectivity index (χ2v) is 5.61. The van der Waals surface area contributed by atoms with Crippen LogP contribution in [0, 0.1) is 0 Å². The first-order valence-electron chi connectivity index (χ1n) is 7.85. The van der Waals surface area contributed by atoms with Gasteiger partial charge in [-0.1, -0.05) is 19.1 Å². The predicted octanol–water partition coefficient (Wildman–Crippen LogP) is 1.87. The summed E-state index contributed by atoms with van der Waals surface area (Å²) in [7, 11) is 0. The van der Waals surface area contributed by atoms with Crippen LogP contribution in [0.2, 0.25) is 0 Å². The SMILES string of the molecule is CCCN(C(=O)COc1cccc(C(C)=O)c1)C1CCNC1. The molecule has 5 nitrogen and oxygen atoms in total. The van der Waals surface area contributed by atoms with E-state index in [1.54, 1.807) is 24.3 Å². The molecule has 1 aliphatic heterocycles. The Morgan fingerprint density at radius 1 is 1.41 bits per heavy atom. The highest BCUT2D eigenvalue weighted by Gasteiger charge is 2.25. The molecule has 1 amide bonds. The lowest BCUT2D eigenvalue weighted by Crippen LogP contribution is -2.44. The maximum atomic E-state index is 12.4. The molecule has 1 unspecified atom stereocenters. The van der Waals surface area contributed by atoms with Gasteiger partial charge in [-0.3, -0.25) is 9.59 Å². The average Bonchev–Trinajstić information content (AvgIpc) is 3.04. The molecule has 1 heterocycles. The van der Waals surface area contributed by atoms with Crippen molar-refractivity contribution in [1.29, 1.82) is 0 Å². The molecule has 0 aliphatic carbocycles. The Balaban J connectivity index is 1.95. The van der Waals surface area contributed by atoms with Crippen LogP contribution in [0.4, 0.5) is 0 Å². The Morgan fingerprint density at radius 3 is 2.86 bits per heavy atom. The van der Waals surface area contributed by atoms with Crippen molar-refractivity contribution in [3.8, 4) is 5.75 Å². The van der Waals surface area contributed by atoms with E-state index >= 15 is 0 Å². The topological polar surface area (TPSA) is 58.6 Å². The van der Waals surface area contributed by atoms with Gasteiger partial charge in [0.2, 0.25) is 0 Å². The van der Waals surface area contributed by atoms with Crippen molar-refractivity contribution in [2.45, 2.75) is 32.7 Å². The van der Waals surface area contributed by atoms with Gasteiger partial charge in [-0.05, 0) is 38.4 Å². The van der Waals surface area contributed by atoms with E-state index in [1.807, 2.05) is 4.90 Å². The Hall–Kier alpha value is -1.88. The maximum absolute atomic E-state index is 12.4. The van der Waals surface area contributed by atoms with E-state index in [9.17, 15) is 9.59 Å². The second kappa shape index (κ2) is 7.94. The van der Waals surface area contributed by atoms with Crippen molar-refractivity contribution in [3.63, 3.8) is 0 Å². The van der Waals surface area contributed by atoms with Gasteiger partial charge < -0.3 is 15.0 Å². The predicted molar refractivity (Wildman–Crippen MR) is 85.2 cm³/mol. The summed E-state index contributed by atoms with van der Waals surface area (Å²) in [5, 5.41) is 3.29. The molecule has 0 saturated carbocycles. The van der Waals surface area contributed by atoms with Crippen molar-refractivity contribution < 1.29 is 14.3 Å². The average molecular weight is 304 g/mol. The molecule has 0 spiro atoms. The minimum Gasteiger partial charge on any atom is -0.484 e. The van der Waals surface area contributed by atoms with E-state index in [2.05, 4.69) is 12.2 Å². The number of nitrogens with zero attached hydrogens (tertiary/aromatic N) is 1. The lowest BCUT2D eigenvalue weighted by Gasteiger charge is -2.28. The standard InChI is InChI=1S/C17H24N2O3/c1-3-9-19(15-7-8-18-11-15)17(21)12-22-16-6-4-5-14(10-16)13(2)20/h4-6,10,15,18H,3,7-9,11-12H2,1-2H3. The van der Waals surface area contributed by atoms with E-state index in [4.69, 9.17) is 4.74 Å². The summed E-state index contributed by atoms with van der Waals surface area (Å²) in [6.45, 7) is 6.16. The number of carbonyl (C=O) groups excluding carboxylic acids is 2. The normalized spacial score (nSPS) is 17.3. The number of rotatable bonds is 7. The third kappa shape index (κ3) is 4.31. The van der Waals surface area contributed by atoms with E-state index in [1.165, 1.54) is 6.92 Å². The highest BCUT2D eigenvalue weighted by atomic mass is 16.5. The van der Waals surface area contributed by atoms with E-state index in [0.717, 1.165) is 32.5 Å². The molecule has 1 aliphatic rings. The number of hydrogen-bond acceptors (Lipinski definition) is 4. The zero-order valence-corrected chi connectivity index (χ0v) is 13.3. The first kappa shape index (κ1) is 16.5. The summed E-state index contributed by atoms with van der Waals surface area (Å²) >= 11 is 0. The van der Waals surface area contributed by atoms with Crippen molar-refractivity contribution in [1.82, 2.24) is 10.2 Å². The number of ketones is 1. The molecular formula is C17H24N2O3. The molecule has 2 rings (SSSR count). The monoisotopic (exact) mass is 304 g/mol. The van der Waals surface area contributed by atoms with Gasteiger partial charge >= 0.3 is 0 Å². The zero-order valence-electron chi connectivity index (χ0n) is 13.3. The Kier molecular flexibility index (Phi) is 5.95. The first-order valence-corrected chi connectivity index (χ1v) is 7.85. The van der Waals surface area contributed by atoms with E-state index in [0.29, 0.717) is 11.3 Å². The number of hydrogen-bond donors (Lipinski definition) is 1. The van der Waals surface area contributed by atoms with Gasteiger partial charge in [0.05, 0.1) is 0 Å². The summed E-state index contributed by atoms with van der Waals surface area (Å²) < 4.78 is 5.58. The minimum atomic E-state index is -0.0126. The lowest BCUT2D eigenvalue weighted by molar-refractivity contribution is -0.135. The number of benzene rings is 1. The molecule has 0 aromatic heterocycles. The molecule has 5 heteroatoms. The molecule has 1 aromatic rings. The molecule has 1 aromatic carbocycles. The van der Waals surface area contributed by atoms with Gasteiger partial charge in [-0.25, -0.2) is 0 Å². The molecule has 0 radical (unpaired) electrons. The Labute approximate surface area is 131 Å². The van der Waals surface area contributed by atoms with Crippen LogP contribution in [0.15, 0.2) is 24.3 Å². The number of amides is 1. The molecule has 1 saturated heterocycles. The van der Waals surface area contributed by atoms with Crippen LogP contribution in [0.3, 0.4) is 0 Å². The third-order valence-electron chi connectivity index (χ3n) is 3.86. The van der Waals surface area contributed by atoms with Crippen molar-refractivity contribution in [2.24, 2.45) is 0 Å². The third-order valence-corrected chi connectivity index (χ3v) is 3.86. The fourth-order valence-electron chi connectivity index (χ4n) is 2.69. The van der Waals surface area contributed by atoms with Gasteiger partial charge in [-0.2, -0.15) is 0 Å². The molecule has 22 heavy (non-hydrogen) atoms. The molecular weight excluding hydrogens is 280 g/mol. The van der Waals surface area contributed by atoms with Crippen molar-refractivity contribution >= 4 is 11.7 Å². The molecule has 1 N–H and O–H groups in total. The Bertz CT molecular complexity index is 524. The second-order valence-electron chi connectivity index (χ2n) is 5.61. The number of Topliss-reactive ketones (excluding diaryl/α,β-unsaturated/α-hetero) is 1. The fourth-order valence-corrected chi connectivity index (χ4v) is 2.69. The van der Waals surface area contributed by atoms with Crippen LogP contribution in [-0.2, 0) is 4.79 Å².